The number of hydrogen-bond donors (Lipinski definition) is 2. The van der Waals surface area contributed by atoms with Crippen LogP contribution in [0, 0.1) is 0 Å². The third-order valence-corrected chi connectivity index (χ3v) is 3.89. The summed E-state index contributed by atoms with van der Waals surface area (Å²) in [5.74, 6) is -0.483. The van der Waals surface area contributed by atoms with Gasteiger partial charge in [0.15, 0.2) is 0 Å². The molecule has 2 heterocycles. The second kappa shape index (κ2) is 6.40. The number of H-pyrrole nitrogens is 1. The van der Waals surface area contributed by atoms with E-state index in [0.29, 0.717) is 21.1 Å². The van der Waals surface area contributed by atoms with E-state index in [1.54, 1.807) is 30.3 Å². The molecule has 1 aromatic carbocycles. The van der Waals surface area contributed by atoms with Gasteiger partial charge in [0, 0.05) is 23.2 Å². The number of benzene rings is 1. The van der Waals surface area contributed by atoms with Crippen LogP contribution in [0.3, 0.4) is 0 Å². The molecule has 0 saturated heterocycles. The van der Waals surface area contributed by atoms with E-state index in [0.717, 1.165) is 5.56 Å². The van der Waals surface area contributed by atoms with Crippen LogP contribution in [0.5, 0.6) is 0 Å². The first-order valence-corrected chi connectivity index (χ1v) is 7.50. The molecule has 116 valence electrons. The third-order valence-electron chi connectivity index (χ3n) is 3.31. The van der Waals surface area contributed by atoms with Gasteiger partial charge in [0.1, 0.15) is 11.2 Å². The second-order valence-corrected chi connectivity index (χ2v) is 5.72. The predicted molar refractivity (Wildman–Crippen MR) is 90.0 cm³/mol. The Morgan fingerprint density at radius 1 is 1.17 bits per heavy atom. The molecular formula is C16H11Cl2N3O2. The summed E-state index contributed by atoms with van der Waals surface area (Å²) in [6.07, 6.45) is 1.49. The number of pyridine rings is 2. The number of carbonyl (C=O) groups excluding carboxylic acids is 1. The Morgan fingerprint density at radius 3 is 2.65 bits per heavy atom. The van der Waals surface area contributed by atoms with Gasteiger partial charge in [-0.2, -0.15) is 0 Å². The molecule has 0 aliphatic carbocycles. The van der Waals surface area contributed by atoms with Gasteiger partial charge in [-0.3, -0.25) is 9.59 Å². The molecule has 0 fully saturated rings. The predicted octanol–water partition coefficient (Wildman–Crippen LogP) is 3.16. The van der Waals surface area contributed by atoms with Crippen LogP contribution < -0.4 is 10.9 Å². The van der Waals surface area contributed by atoms with Gasteiger partial charge in [0.25, 0.3) is 11.5 Å². The maximum absolute atomic E-state index is 12.2. The molecule has 5 nitrogen and oxygen atoms in total. The summed E-state index contributed by atoms with van der Waals surface area (Å²) in [6, 6.07) is 10.1. The lowest BCUT2D eigenvalue weighted by atomic mass is 10.2. The molecule has 0 bridgehead atoms. The molecule has 0 aliphatic rings. The Morgan fingerprint density at radius 2 is 1.91 bits per heavy atom. The maximum Gasteiger partial charge on any atom is 0.262 e. The Bertz CT molecular complexity index is 936. The van der Waals surface area contributed by atoms with E-state index < -0.39 is 11.5 Å². The van der Waals surface area contributed by atoms with Gasteiger partial charge in [0.05, 0.1) is 5.02 Å². The quantitative estimate of drug-likeness (QED) is 0.764. The maximum atomic E-state index is 12.2. The lowest BCUT2D eigenvalue weighted by Crippen LogP contribution is -2.29. The van der Waals surface area contributed by atoms with Gasteiger partial charge >= 0.3 is 0 Å². The van der Waals surface area contributed by atoms with Crippen molar-refractivity contribution in [3.63, 3.8) is 0 Å². The molecule has 1 amide bonds. The summed E-state index contributed by atoms with van der Waals surface area (Å²) < 4.78 is 0. The van der Waals surface area contributed by atoms with Crippen molar-refractivity contribution < 1.29 is 4.79 Å². The zero-order valence-corrected chi connectivity index (χ0v) is 13.3. The standard InChI is InChI=1S/C16H11Cl2N3O2/c17-10-3-1-9(2-4-10)8-20-15(22)12-7-11-13(18)5-6-19-14(11)21-16(12)23/h1-7H,8H2,(H,20,22)(H,19,21,23). The van der Waals surface area contributed by atoms with Crippen molar-refractivity contribution in [2.75, 3.05) is 0 Å². The SMILES string of the molecule is O=C(NCc1ccc(Cl)cc1)c1cc2c(Cl)ccnc2[nH]c1=O. The highest BCUT2D eigenvalue weighted by Gasteiger charge is 2.13. The van der Waals surface area contributed by atoms with E-state index in [1.165, 1.54) is 12.3 Å². The highest BCUT2D eigenvalue weighted by molar-refractivity contribution is 6.35. The number of nitrogens with zero attached hydrogens (tertiary/aromatic N) is 1. The van der Waals surface area contributed by atoms with E-state index in [-0.39, 0.29) is 12.1 Å². The molecule has 2 N–H and O–H groups in total. The number of aromatic amines is 1. The van der Waals surface area contributed by atoms with Crippen molar-refractivity contribution in [1.82, 2.24) is 15.3 Å². The van der Waals surface area contributed by atoms with E-state index in [9.17, 15) is 9.59 Å². The first kappa shape index (κ1) is 15.5. The summed E-state index contributed by atoms with van der Waals surface area (Å²) >= 11 is 11.9. The molecule has 0 saturated carbocycles. The van der Waals surface area contributed by atoms with Gasteiger partial charge in [-0.1, -0.05) is 35.3 Å². The van der Waals surface area contributed by atoms with Gasteiger partial charge < -0.3 is 10.3 Å². The number of fused-ring (bicyclic) bond motifs is 1. The van der Waals surface area contributed by atoms with E-state index in [2.05, 4.69) is 15.3 Å². The topological polar surface area (TPSA) is 74.8 Å². The molecule has 23 heavy (non-hydrogen) atoms. The summed E-state index contributed by atoms with van der Waals surface area (Å²) in [5, 5.41) is 4.25. The minimum absolute atomic E-state index is 0.0126. The fraction of sp³-hybridized carbons (Fsp3) is 0.0625. The minimum atomic E-state index is -0.513. The summed E-state index contributed by atoms with van der Waals surface area (Å²) in [6.45, 7) is 0.286. The van der Waals surface area contributed by atoms with Gasteiger partial charge in [-0.15, -0.1) is 0 Å². The number of carbonyl (C=O) groups is 1. The monoisotopic (exact) mass is 347 g/mol. The van der Waals surface area contributed by atoms with Crippen LogP contribution in [0.2, 0.25) is 10.0 Å². The Balaban J connectivity index is 1.85. The number of hydrogen-bond acceptors (Lipinski definition) is 3. The van der Waals surface area contributed by atoms with Gasteiger partial charge in [-0.05, 0) is 29.8 Å². The van der Waals surface area contributed by atoms with Crippen molar-refractivity contribution in [1.29, 1.82) is 0 Å². The van der Waals surface area contributed by atoms with Crippen molar-refractivity contribution in [3.8, 4) is 0 Å². The minimum Gasteiger partial charge on any atom is -0.348 e. The molecule has 3 rings (SSSR count). The van der Waals surface area contributed by atoms with Crippen LogP contribution in [0.15, 0.2) is 47.4 Å². The van der Waals surface area contributed by atoms with Gasteiger partial charge in [-0.25, -0.2) is 4.98 Å². The molecule has 0 radical (unpaired) electrons. The number of aromatic nitrogens is 2. The highest BCUT2D eigenvalue weighted by atomic mass is 35.5. The highest BCUT2D eigenvalue weighted by Crippen LogP contribution is 2.19. The zero-order valence-electron chi connectivity index (χ0n) is 11.8. The van der Waals surface area contributed by atoms with E-state index in [1.807, 2.05) is 0 Å². The first-order chi connectivity index (χ1) is 11.0. The van der Waals surface area contributed by atoms with Crippen LogP contribution in [0.1, 0.15) is 15.9 Å². The first-order valence-electron chi connectivity index (χ1n) is 6.75. The zero-order chi connectivity index (χ0) is 16.4. The summed E-state index contributed by atoms with van der Waals surface area (Å²) in [4.78, 5) is 30.8. The molecule has 0 atom stereocenters. The van der Waals surface area contributed by atoms with Crippen molar-refractivity contribution in [2.45, 2.75) is 6.54 Å². The molecule has 0 spiro atoms. The molecule has 3 aromatic rings. The second-order valence-electron chi connectivity index (χ2n) is 4.88. The fourth-order valence-corrected chi connectivity index (χ4v) is 2.45. The molecule has 7 heteroatoms. The van der Waals surface area contributed by atoms with Crippen LogP contribution in [0.25, 0.3) is 11.0 Å². The van der Waals surface area contributed by atoms with E-state index >= 15 is 0 Å². The van der Waals surface area contributed by atoms with Crippen molar-refractivity contribution >= 4 is 40.1 Å². The summed E-state index contributed by atoms with van der Waals surface area (Å²) in [7, 11) is 0. The number of rotatable bonds is 3. The van der Waals surface area contributed by atoms with Crippen LogP contribution in [-0.4, -0.2) is 15.9 Å². The molecular weight excluding hydrogens is 337 g/mol. The fourth-order valence-electron chi connectivity index (χ4n) is 2.12. The van der Waals surface area contributed by atoms with Crippen LogP contribution >= 0.6 is 23.2 Å². The lowest BCUT2D eigenvalue weighted by molar-refractivity contribution is 0.0949. The smallest absolute Gasteiger partial charge is 0.262 e. The van der Waals surface area contributed by atoms with Crippen molar-refractivity contribution in [3.05, 3.63) is 74.1 Å². The van der Waals surface area contributed by atoms with E-state index in [4.69, 9.17) is 23.2 Å². The summed E-state index contributed by atoms with van der Waals surface area (Å²) in [5.41, 5.74) is 0.693. The third kappa shape index (κ3) is 3.36. The number of halogens is 2. The van der Waals surface area contributed by atoms with Crippen LogP contribution in [-0.2, 0) is 6.54 Å². The van der Waals surface area contributed by atoms with Gasteiger partial charge in [0.2, 0.25) is 0 Å². The Hall–Kier alpha value is -2.37. The average Bonchev–Trinajstić information content (AvgIpc) is 2.54. The lowest BCUT2D eigenvalue weighted by Gasteiger charge is -2.06. The average molecular weight is 348 g/mol. The molecule has 0 aliphatic heterocycles. The number of amides is 1. The number of nitrogens with one attached hydrogen (secondary N) is 2. The molecule has 2 aromatic heterocycles. The van der Waals surface area contributed by atoms with Crippen LogP contribution in [0.4, 0.5) is 0 Å². The Kier molecular flexibility index (Phi) is 4.32. The Labute approximate surface area is 141 Å². The molecule has 0 unspecified atom stereocenters. The largest absolute Gasteiger partial charge is 0.348 e. The normalized spacial score (nSPS) is 10.7. The van der Waals surface area contributed by atoms with Crippen molar-refractivity contribution in [2.24, 2.45) is 0 Å².